The Hall–Kier alpha value is -2.38. The summed E-state index contributed by atoms with van der Waals surface area (Å²) in [5.41, 5.74) is 0.247. The molecule has 24 heavy (non-hydrogen) atoms. The zero-order valence-electron chi connectivity index (χ0n) is 12.9. The van der Waals surface area contributed by atoms with Crippen LogP contribution in [0.3, 0.4) is 0 Å². The van der Waals surface area contributed by atoms with Gasteiger partial charge in [-0.2, -0.15) is 13.2 Å². The van der Waals surface area contributed by atoms with Crippen LogP contribution < -0.4 is 5.32 Å². The van der Waals surface area contributed by atoms with Gasteiger partial charge in [-0.3, -0.25) is 4.79 Å². The summed E-state index contributed by atoms with van der Waals surface area (Å²) < 4.78 is 38.8. The van der Waals surface area contributed by atoms with Gasteiger partial charge in [-0.25, -0.2) is 9.97 Å². The molecule has 5 nitrogen and oxygen atoms in total. The number of fused-ring (bicyclic) bond motifs is 1. The van der Waals surface area contributed by atoms with Crippen molar-refractivity contribution >= 4 is 22.6 Å². The van der Waals surface area contributed by atoms with Gasteiger partial charge in [0.25, 0.3) is 0 Å². The third-order valence-corrected chi connectivity index (χ3v) is 3.93. The Morgan fingerprint density at radius 1 is 1.21 bits per heavy atom. The quantitative estimate of drug-likeness (QED) is 0.851. The van der Waals surface area contributed by atoms with Gasteiger partial charge >= 0.3 is 6.18 Å². The third kappa shape index (κ3) is 3.58. The molecule has 0 radical (unpaired) electrons. The second-order valence-electron chi connectivity index (χ2n) is 5.68. The number of hydrogen-bond acceptors (Lipinski definition) is 4. The first-order valence-electron chi connectivity index (χ1n) is 7.81. The van der Waals surface area contributed by atoms with Crippen LogP contribution in [0.2, 0.25) is 0 Å². The van der Waals surface area contributed by atoms with E-state index in [0.717, 1.165) is 13.0 Å². The molecule has 0 bridgehead atoms. The average molecular weight is 338 g/mol. The first-order chi connectivity index (χ1) is 11.4. The molecular weight excluding hydrogens is 321 g/mol. The molecule has 2 heterocycles. The number of nitrogens with one attached hydrogen (secondary N) is 1. The van der Waals surface area contributed by atoms with Crippen LogP contribution in [-0.4, -0.2) is 40.4 Å². The van der Waals surface area contributed by atoms with Crippen molar-refractivity contribution in [3.05, 3.63) is 30.1 Å². The van der Waals surface area contributed by atoms with Crippen molar-refractivity contribution in [2.75, 3.05) is 25.0 Å². The predicted molar refractivity (Wildman–Crippen MR) is 83.5 cm³/mol. The molecule has 0 unspecified atom stereocenters. The highest BCUT2D eigenvalue weighted by Crippen LogP contribution is 2.30. The molecule has 0 atom stereocenters. The van der Waals surface area contributed by atoms with Gasteiger partial charge in [0.15, 0.2) is 0 Å². The number of hydrogen-bond donors (Lipinski definition) is 1. The van der Waals surface area contributed by atoms with Crippen molar-refractivity contribution in [3.63, 3.8) is 0 Å². The largest absolute Gasteiger partial charge is 0.451 e. The molecule has 1 aromatic carbocycles. The topological polar surface area (TPSA) is 58.1 Å². The number of benzene rings is 1. The molecule has 1 N–H and O–H groups in total. The molecular formula is C16H17F3N4O. The van der Waals surface area contributed by atoms with E-state index >= 15 is 0 Å². The maximum Gasteiger partial charge on any atom is 0.451 e. The summed E-state index contributed by atoms with van der Waals surface area (Å²) in [5, 5.41) is 3.49. The SMILES string of the molecule is O=C1CCCN1CCCNc1nc(C(F)(F)F)nc2ccccc12. The Morgan fingerprint density at radius 2 is 2.00 bits per heavy atom. The van der Waals surface area contributed by atoms with Crippen molar-refractivity contribution in [1.29, 1.82) is 0 Å². The van der Waals surface area contributed by atoms with Crippen LogP contribution in [0.5, 0.6) is 0 Å². The lowest BCUT2D eigenvalue weighted by Crippen LogP contribution is -2.27. The maximum absolute atomic E-state index is 12.9. The number of aromatic nitrogens is 2. The predicted octanol–water partition coefficient (Wildman–Crippen LogP) is 3.07. The highest BCUT2D eigenvalue weighted by atomic mass is 19.4. The number of halogens is 3. The van der Waals surface area contributed by atoms with Gasteiger partial charge in [-0.15, -0.1) is 0 Å². The molecule has 1 aliphatic rings. The summed E-state index contributed by atoms with van der Waals surface area (Å²) in [5.74, 6) is -0.846. The van der Waals surface area contributed by atoms with Gasteiger partial charge in [-0.05, 0) is 25.0 Å². The zero-order valence-corrected chi connectivity index (χ0v) is 12.9. The molecule has 128 valence electrons. The Morgan fingerprint density at radius 3 is 2.71 bits per heavy atom. The fourth-order valence-electron chi connectivity index (χ4n) is 2.76. The summed E-state index contributed by atoms with van der Waals surface area (Å²) in [6.07, 6.45) is -2.50. The van der Waals surface area contributed by atoms with Gasteiger partial charge in [-0.1, -0.05) is 12.1 Å². The highest BCUT2D eigenvalue weighted by Gasteiger charge is 2.35. The summed E-state index contributed by atoms with van der Waals surface area (Å²) in [6.45, 7) is 1.79. The lowest BCUT2D eigenvalue weighted by molar-refractivity contribution is -0.144. The van der Waals surface area contributed by atoms with Crippen LogP contribution in [0.1, 0.15) is 25.1 Å². The van der Waals surface area contributed by atoms with Crippen molar-refractivity contribution in [1.82, 2.24) is 14.9 Å². The maximum atomic E-state index is 12.9. The van der Waals surface area contributed by atoms with Crippen LogP contribution in [0.15, 0.2) is 24.3 Å². The minimum atomic E-state index is -4.59. The van der Waals surface area contributed by atoms with E-state index in [-0.39, 0.29) is 17.2 Å². The highest BCUT2D eigenvalue weighted by molar-refractivity contribution is 5.89. The van der Waals surface area contributed by atoms with Gasteiger partial charge < -0.3 is 10.2 Å². The fraction of sp³-hybridized carbons (Fsp3) is 0.438. The second-order valence-corrected chi connectivity index (χ2v) is 5.68. The van der Waals surface area contributed by atoms with Crippen molar-refractivity contribution < 1.29 is 18.0 Å². The first kappa shape index (κ1) is 16.5. The van der Waals surface area contributed by atoms with E-state index in [1.54, 1.807) is 23.1 Å². The standard InChI is InChI=1S/C16H17F3N4O/c17-16(18,19)15-21-12-6-2-1-5-11(12)14(22-15)20-8-4-10-23-9-3-7-13(23)24/h1-2,5-6H,3-4,7-10H2,(H,20,21,22). The number of carbonyl (C=O) groups excluding carboxylic acids is 1. The number of carbonyl (C=O) groups is 1. The summed E-state index contributed by atoms with van der Waals surface area (Å²) >= 11 is 0. The van der Waals surface area contributed by atoms with Crippen LogP contribution >= 0.6 is 0 Å². The number of para-hydroxylation sites is 1. The Labute approximate surface area is 136 Å². The molecule has 2 aromatic rings. The molecule has 0 aliphatic carbocycles. The Bertz CT molecular complexity index is 748. The van der Waals surface area contributed by atoms with Gasteiger partial charge in [0.2, 0.25) is 11.7 Å². The minimum Gasteiger partial charge on any atom is -0.369 e. The third-order valence-electron chi connectivity index (χ3n) is 3.93. The van der Waals surface area contributed by atoms with Crippen LogP contribution in [0.4, 0.5) is 19.0 Å². The average Bonchev–Trinajstić information content (AvgIpc) is 2.95. The Kier molecular flexibility index (Phi) is 4.55. The van der Waals surface area contributed by atoms with Crippen molar-refractivity contribution in [2.24, 2.45) is 0 Å². The first-order valence-corrected chi connectivity index (χ1v) is 7.81. The molecule has 1 aromatic heterocycles. The van der Waals surface area contributed by atoms with Crippen molar-refractivity contribution in [2.45, 2.75) is 25.4 Å². The van der Waals surface area contributed by atoms with E-state index in [2.05, 4.69) is 15.3 Å². The van der Waals surface area contributed by atoms with Crippen molar-refractivity contribution in [3.8, 4) is 0 Å². The smallest absolute Gasteiger partial charge is 0.369 e. The number of rotatable bonds is 5. The molecule has 1 amide bonds. The number of amides is 1. The molecule has 0 spiro atoms. The monoisotopic (exact) mass is 338 g/mol. The number of likely N-dealkylation sites (tertiary alicyclic amines) is 1. The fourth-order valence-corrected chi connectivity index (χ4v) is 2.76. The summed E-state index contributed by atoms with van der Waals surface area (Å²) in [7, 11) is 0. The van der Waals surface area contributed by atoms with E-state index in [9.17, 15) is 18.0 Å². The molecule has 0 saturated carbocycles. The van der Waals surface area contributed by atoms with E-state index < -0.39 is 12.0 Å². The van der Waals surface area contributed by atoms with E-state index in [0.29, 0.717) is 31.3 Å². The normalized spacial score (nSPS) is 15.3. The lowest BCUT2D eigenvalue weighted by Gasteiger charge is -2.16. The van der Waals surface area contributed by atoms with E-state index in [4.69, 9.17) is 0 Å². The van der Waals surface area contributed by atoms with Gasteiger partial charge in [0.1, 0.15) is 5.82 Å². The van der Waals surface area contributed by atoms with E-state index in [1.807, 2.05) is 0 Å². The molecule has 1 saturated heterocycles. The molecule has 8 heteroatoms. The number of alkyl halides is 3. The lowest BCUT2D eigenvalue weighted by atomic mass is 10.2. The molecule has 1 aliphatic heterocycles. The van der Waals surface area contributed by atoms with Crippen LogP contribution in [0, 0.1) is 0 Å². The number of anilines is 1. The van der Waals surface area contributed by atoms with E-state index in [1.165, 1.54) is 6.07 Å². The summed E-state index contributed by atoms with van der Waals surface area (Å²) in [4.78, 5) is 20.5. The summed E-state index contributed by atoms with van der Waals surface area (Å²) in [6, 6.07) is 6.58. The van der Waals surface area contributed by atoms with Crippen LogP contribution in [0.25, 0.3) is 10.9 Å². The van der Waals surface area contributed by atoms with Gasteiger partial charge in [0, 0.05) is 31.4 Å². The number of nitrogens with zero attached hydrogens (tertiary/aromatic N) is 3. The zero-order chi connectivity index (χ0) is 17.2. The minimum absolute atomic E-state index is 0.141. The second kappa shape index (κ2) is 6.62. The Balaban J connectivity index is 1.72. The van der Waals surface area contributed by atoms with Crippen LogP contribution in [-0.2, 0) is 11.0 Å². The molecule has 3 rings (SSSR count). The molecule has 1 fully saturated rings. The van der Waals surface area contributed by atoms with Gasteiger partial charge in [0.05, 0.1) is 5.52 Å².